The Morgan fingerprint density at radius 3 is 2.70 bits per heavy atom. The van der Waals surface area contributed by atoms with E-state index < -0.39 is 11.7 Å². The molecule has 4 aromatic rings. The molecule has 2 aromatic carbocycles. The van der Waals surface area contributed by atoms with Crippen LogP contribution in [0.25, 0.3) is 11.5 Å². The monoisotopic (exact) mass is 363 g/mol. The lowest BCUT2D eigenvalue weighted by atomic mass is 10.2. The van der Waals surface area contributed by atoms with E-state index in [0.29, 0.717) is 17.2 Å². The summed E-state index contributed by atoms with van der Waals surface area (Å²) in [6.45, 7) is 0. The number of aromatic amines is 1. The second-order valence-electron chi connectivity index (χ2n) is 5.63. The zero-order valence-corrected chi connectivity index (χ0v) is 14.0. The molecule has 7 heteroatoms. The molecule has 2 N–H and O–H groups in total. The van der Waals surface area contributed by atoms with Crippen LogP contribution < -0.4 is 10.1 Å². The number of para-hydroxylation sites is 2. The molecule has 0 saturated carbocycles. The minimum absolute atomic E-state index is 0.0612. The van der Waals surface area contributed by atoms with Gasteiger partial charge in [0.1, 0.15) is 17.1 Å². The topological polar surface area (TPSA) is 80.1 Å². The fraction of sp³-hybridized carbons (Fsp3) is 0. The summed E-state index contributed by atoms with van der Waals surface area (Å²) in [6.07, 6.45) is 1.52. The number of aromatic nitrogens is 2. The molecular formula is C20H14FN3O3. The van der Waals surface area contributed by atoms with Gasteiger partial charge in [-0.05, 0) is 36.4 Å². The van der Waals surface area contributed by atoms with Gasteiger partial charge in [-0.3, -0.25) is 9.89 Å². The molecule has 0 unspecified atom stereocenters. The maximum absolute atomic E-state index is 14.3. The van der Waals surface area contributed by atoms with Crippen molar-refractivity contribution in [3.63, 3.8) is 0 Å². The predicted molar refractivity (Wildman–Crippen MR) is 97.2 cm³/mol. The van der Waals surface area contributed by atoms with E-state index in [-0.39, 0.29) is 17.1 Å². The van der Waals surface area contributed by atoms with Crippen molar-refractivity contribution >= 4 is 11.6 Å². The molecule has 134 valence electrons. The first-order valence-corrected chi connectivity index (χ1v) is 8.13. The molecule has 27 heavy (non-hydrogen) atoms. The van der Waals surface area contributed by atoms with Crippen LogP contribution in [0.5, 0.6) is 11.5 Å². The van der Waals surface area contributed by atoms with Crippen LogP contribution in [0.4, 0.5) is 10.1 Å². The quantitative estimate of drug-likeness (QED) is 0.531. The number of benzene rings is 2. The molecule has 0 aliphatic carbocycles. The number of anilines is 1. The Balaban J connectivity index is 1.58. The second-order valence-corrected chi connectivity index (χ2v) is 5.63. The SMILES string of the molecule is O=C(Nc1c(F)cccc1Oc1ccccc1)c1cc(-c2ccco2)[nH]n1. The van der Waals surface area contributed by atoms with Crippen LogP contribution in [-0.2, 0) is 0 Å². The number of amides is 1. The van der Waals surface area contributed by atoms with Crippen molar-refractivity contribution in [2.24, 2.45) is 0 Å². The highest BCUT2D eigenvalue weighted by Crippen LogP contribution is 2.32. The van der Waals surface area contributed by atoms with Crippen molar-refractivity contribution in [3.05, 3.63) is 84.5 Å². The van der Waals surface area contributed by atoms with Gasteiger partial charge < -0.3 is 14.5 Å². The summed E-state index contributed by atoms with van der Waals surface area (Å²) in [4.78, 5) is 12.5. The summed E-state index contributed by atoms with van der Waals surface area (Å²) < 4.78 is 25.3. The number of carbonyl (C=O) groups excluding carboxylic acids is 1. The molecule has 0 bridgehead atoms. The number of carbonyl (C=O) groups is 1. The molecular weight excluding hydrogens is 349 g/mol. The maximum atomic E-state index is 14.3. The Bertz CT molecular complexity index is 1060. The van der Waals surface area contributed by atoms with E-state index in [1.165, 1.54) is 24.5 Å². The van der Waals surface area contributed by atoms with E-state index in [4.69, 9.17) is 9.15 Å². The predicted octanol–water partition coefficient (Wildman–Crippen LogP) is 4.85. The highest BCUT2D eigenvalue weighted by atomic mass is 19.1. The zero-order valence-electron chi connectivity index (χ0n) is 14.0. The van der Waals surface area contributed by atoms with Crippen molar-refractivity contribution in [2.45, 2.75) is 0 Å². The van der Waals surface area contributed by atoms with Gasteiger partial charge in [0.2, 0.25) is 0 Å². The summed E-state index contributed by atoms with van der Waals surface area (Å²) in [6, 6.07) is 18.2. The lowest BCUT2D eigenvalue weighted by Crippen LogP contribution is -2.14. The molecule has 0 radical (unpaired) electrons. The highest BCUT2D eigenvalue weighted by Gasteiger charge is 2.18. The Morgan fingerprint density at radius 1 is 1.07 bits per heavy atom. The van der Waals surface area contributed by atoms with E-state index in [9.17, 15) is 9.18 Å². The van der Waals surface area contributed by atoms with E-state index in [0.717, 1.165) is 0 Å². The van der Waals surface area contributed by atoms with Crippen molar-refractivity contribution in [2.75, 3.05) is 5.32 Å². The molecule has 2 aromatic heterocycles. The van der Waals surface area contributed by atoms with Crippen LogP contribution in [0.15, 0.2) is 77.4 Å². The van der Waals surface area contributed by atoms with Gasteiger partial charge in [-0.2, -0.15) is 5.10 Å². The van der Waals surface area contributed by atoms with Crippen molar-refractivity contribution < 1.29 is 18.3 Å². The minimum atomic E-state index is -0.612. The summed E-state index contributed by atoms with van der Waals surface area (Å²) >= 11 is 0. The number of ether oxygens (including phenoxy) is 1. The standard InChI is InChI=1S/C20H14FN3O3/c21-14-8-4-9-18(27-13-6-2-1-3-7-13)19(14)22-20(25)16-12-15(23-24-16)17-10-5-11-26-17/h1-12H,(H,22,25)(H,23,24). The van der Waals surface area contributed by atoms with Gasteiger partial charge in [-0.15, -0.1) is 0 Å². The molecule has 2 heterocycles. The summed E-state index contributed by atoms with van der Waals surface area (Å²) in [5, 5.41) is 9.19. The summed E-state index contributed by atoms with van der Waals surface area (Å²) in [5.41, 5.74) is 0.573. The molecule has 6 nitrogen and oxygen atoms in total. The minimum Gasteiger partial charge on any atom is -0.463 e. The lowest BCUT2D eigenvalue weighted by Gasteiger charge is -2.12. The van der Waals surface area contributed by atoms with Gasteiger partial charge in [0.05, 0.1) is 6.26 Å². The lowest BCUT2D eigenvalue weighted by molar-refractivity contribution is 0.102. The Labute approximate surface area is 153 Å². The number of nitrogens with zero attached hydrogens (tertiary/aromatic N) is 1. The van der Waals surface area contributed by atoms with E-state index in [1.54, 1.807) is 42.5 Å². The van der Waals surface area contributed by atoms with E-state index >= 15 is 0 Å². The number of hydrogen-bond acceptors (Lipinski definition) is 4. The smallest absolute Gasteiger partial charge is 0.276 e. The molecule has 1 amide bonds. The Morgan fingerprint density at radius 2 is 1.93 bits per heavy atom. The molecule has 0 fully saturated rings. The van der Waals surface area contributed by atoms with Crippen LogP contribution in [0, 0.1) is 5.82 Å². The molecule has 0 aliphatic rings. The zero-order chi connectivity index (χ0) is 18.6. The Kier molecular flexibility index (Phi) is 4.40. The van der Waals surface area contributed by atoms with Crippen molar-refractivity contribution in [1.29, 1.82) is 0 Å². The maximum Gasteiger partial charge on any atom is 0.276 e. The van der Waals surface area contributed by atoms with Crippen LogP contribution in [0.1, 0.15) is 10.5 Å². The highest BCUT2D eigenvalue weighted by molar-refractivity contribution is 6.04. The third-order valence-corrected chi connectivity index (χ3v) is 3.78. The van der Waals surface area contributed by atoms with Crippen LogP contribution in [0.3, 0.4) is 0 Å². The normalized spacial score (nSPS) is 10.6. The number of H-pyrrole nitrogens is 1. The Hall–Kier alpha value is -3.87. The largest absolute Gasteiger partial charge is 0.463 e. The fourth-order valence-corrected chi connectivity index (χ4v) is 2.50. The van der Waals surface area contributed by atoms with Gasteiger partial charge in [0.15, 0.2) is 23.0 Å². The van der Waals surface area contributed by atoms with Crippen molar-refractivity contribution in [1.82, 2.24) is 10.2 Å². The third kappa shape index (κ3) is 3.57. The van der Waals surface area contributed by atoms with Gasteiger partial charge >= 0.3 is 0 Å². The number of rotatable bonds is 5. The molecule has 0 aliphatic heterocycles. The fourth-order valence-electron chi connectivity index (χ4n) is 2.50. The molecule has 0 spiro atoms. The first-order valence-electron chi connectivity index (χ1n) is 8.13. The molecule has 0 saturated heterocycles. The average Bonchev–Trinajstić information content (AvgIpc) is 3.36. The number of halogens is 1. The van der Waals surface area contributed by atoms with E-state index in [2.05, 4.69) is 15.5 Å². The molecule has 0 atom stereocenters. The van der Waals surface area contributed by atoms with Crippen LogP contribution in [0.2, 0.25) is 0 Å². The first kappa shape index (κ1) is 16.6. The van der Waals surface area contributed by atoms with Gasteiger partial charge in [-0.1, -0.05) is 24.3 Å². The number of hydrogen-bond donors (Lipinski definition) is 2. The van der Waals surface area contributed by atoms with Gasteiger partial charge in [0, 0.05) is 6.07 Å². The second kappa shape index (κ2) is 7.17. The average molecular weight is 363 g/mol. The summed E-state index contributed by atoms with van der Waals surface area (Å²) in [7, 11) is 0. The van der Waals surface area contributed by atoms with Crippen LogP contribution >= 0.6 is 0 Å². The van der Waals surface area contributed by atoms with Crippen molar-refractivity contribution in [3.8, 4) is 23.0 Å². The summed E-state index contributed by atoms with van der Waals surface area (Å²) in [5.74, 6) is 0.0704. The molecule has 4 rings (SSSR count). The van der Waals surface area contributed by atoms with Gasteiger partial charge in [-0.25, -0.2) is 4.39 Å². The number of furan rings is 1. The van der Waals surface area contributed by atoms with E-state index in [1.807, 2.05) is 6.07 Å². The van der Waals surface area contributed by atoms with Gasteiger partial charge in [0.25, 0.3) is 5.91 Å². The third-order valence-electron chi connectivity index (χ3n) is 3.78. The van der Waals surface area contributed by atoms with Crippen LogP contribution in [-0.4, -0.2) is 16.1 Å². The first-order chi connectivity index (χ1) is 13.2. The number of nitrogens with one attached hydrogen (secondary N) is 2.